The minimum absolute atomic E-state index is 0.107. The van der Waals surface area contributed by atoms with Gasteiger partial charge in [0, 0.05) is 6.07 Å². The van der Waals surface area contributed by atoms with Crippen LogP contribution in [0.2, 0.25) is 0 Å². The van der Waals surface area contributed by atoms with Crippen LogP contribution in [0.15, 0.2) is 18.2 Å². The van der Waals surface area contributed by atoms with Gasteiger partial charge in [0.15, 0.2) is 18.1 Å². The second kappa shape index (κ2) is 4.96. The molecule has 1 aromatic rings. The average molecular weight is 226 g/mol. The van der Waals surface area contributed by atoms with Crippen LogP contribution in [0.5, 0.6) is 11.5 Å². The summed E-state index contributed by atoms with van der Waals surface area (Å²) in [5.74, 6) is -0.268. The quantitative estimate of drug-likeness (QED) is 0.580. The Morgan fingerprint density at radius 3 is 2.69 bits per heavy atom. The van der Waals surface area contributed by atoms with Crippen molar-refractivity contribution >= 4 is 11.6 Å². The van der Waals surface area contributed by atoms with Gasteiger partial charge in [-0.05, 0) is 6.07 Å². The molecule has 1 rings (SSSR count). The number of nitrogens with two attached hydrogens (primary N) is 1. The number of hydrogen-bond acceptors (Lipinski definition) is 5. The number of carbonyl (C=O) groups is 1. The number of nitrogens with zero attached hydrogens (tertiary/aromatic N) is 1. The zero-order valence-corrected chi connectivity index (χ0v) is 8.50. The highest BCUT2D eigenvalue weighted by Crippen LogP contribution is 2.30. The molecule has 16 heavy (non-hydrogen) atoms. The number of nitro groups is 1. The number of methoxy groups -OCH3 is 1. The number of nitro benzene ring substituents is 1. The van der Waals surface area contributed by atoms with Crippen molar-refractivity contribution in [1.82, 2.24) is 0 Å². The summed E-state index contributed by atoms with van der Waals surface area (Å²) in [6.07, 6.45) is 0. The van der Waals surface area contributed by atoms with Crippen LogP contribution >= 0.6 is 0 Å². The molecule has 7 nitrogen and oxygen atoms in total. The van der Waals surface area contributed by atoms with Gasteiger partial charge in [-0.25, -0.2) is 0 Å². The number of amides is 1. The third kappa shape index (κ3) is 2.84. The second-order valence-electron chi connectivity index (χ2n) is 2.85. The normalized spacial score (nSPS) is 9.56. The average Bonchev–Trinajstić information content (AvgIpc) is 2.25. The third-order valence-electron chi connectivity index (χ3n) is 1.73. The molecule has 1 amide bonds. The molecule has 0 radical (unpaired) electrons. The number of rotatable bonds is 5. The lowest BCUT2D eigenvalue weighted by Gasteiger charge is -2.08. The van der Waals surface area contributed by atoms with E-state index in [1.807, 2.05) is 0 Å². The Morgan fingerprint density at radius 1 is 1.50 bits per heavy atom. The molecule has 86 valence electrons. The fraction of sp³-hybridized carbons (Fsp3) is 0.222. The molecule has 0 fully saturated rings. The van der Waals surface area contributed by atoms with Crippen LogP contribution in [0.1, 0.15) is 0 Å². The first-order valence-electron chi connectivity index (χ1n) is 4.28. The molecule has 0 aliphatic rings. The first-order valence-corrected chi connectivity index (χ1v) is 4.28. The lowest BCUT2D eigenvalue weighted by molar-refractivity contribution is -0.385. The second-order valence-corrected chi connectivity index (χ2v) is 2.85. The largest absolute Gasteiger partial charge is 0.493 e. The Bertz CT molecular complexity index is 418. The van der Waals surface area contributed by atoms with E-state index in [2.05, 4.69) is 0 Å². The Morgan fingerprint density at radius 2 is 2.19 bits per heavy atom. The topological polar surface area (TPSA) is 105 Å². The maximum absolute atomic E-state index is 10.5. The summed E-state index contributed by atoms with van der Waals surface area (Å²) in [5.41, 5.74) is 4.74. The standard InChI is InChI=1S/C9H10N2O5/c1-15-7-3-2-6(11(13)14)4-8(7)16-5-9(10)12/h2-4H,5H2,1H3,(H2,10,12). The van der Waals surface area contributed by atoms with Gasteiger partial charge >= 0.3 is 0 Å². The van der Waals surface area contributed by atoms with Gasteiger partial charge in [0.2, 0.25) is 0 Å². The van der Waals surface area contributed by atoms with E-state index in [0.717, 1.165) is 0 Å². The highest BCUT2D eigenvalue weighted by atomic mass is 16.6. The highest BCUT2D eigenvalue weighted by Gasteiger charge is 2.12. The van der Waals surface area contributed by atoms with Crippen molar-refractivity contribution in [3.05, 3.63) is 28.3 Å². The van der Waals surface area contributed by atoms with Gasteiger partial charge in [-0.3, -0.25) is 14.9 Å². The number of primary amides is 1. The smallest absolute Gasteiger partial charge is 0.273 e. The summed E-state index contributed by atoms with van der Waals surface area (Å²) < 4.78 is 9.89. The lowest BCUT2D eigenvalue weighted by atomic mass is 10.3. The fourth-order valence-corrected chi connectivity index (χ4v) is 1.04. The Hall–Kier alpha value is -2.31. The SMILES string of the molecule is COc1ccc([N+](=O)[O-])cc1OCC(N)=O. The number of hydrogen-bond donors (Lipinski definition) is 1. The van der Waals surface area contributed by atoms with E-state index >= 15 is 0 Å². The van der Waals surface area contributed by atoms with E-state index in [-0.39, 0.29) is 18.0 Å². The van der Waals surface area contributed by atoms with Gasteiger partial charge in [-0.2, -0.15) is 0 Å². The van der Waals surface area contributed by atoms with Crippen molar-refractivity contribution in [1.29, 1.82) is 0 Å². The van der Waals surface area contributed by atoms with Crippen molar-refractivity contribution in [2.24, 2.45) is 5.73 Å². The van der Waals surface area contributed by atoms with Crippen molar-refractivity contribution < 1.29 is 19.2 Å². The lowest BCUT2D eigenvalue weighted by Crippen LogP contribution is -2.20. The van der Waals surface area contributed by atoms with Crippen LogP contribution in [-0.2, 0) is 4.79 Å². The van der Waals surface area contributed by atoms with Crippen LogP contribution in [-0.4, -0.2) is 24.5 Å². The summed E-state index contributed by atoms with van der Waals surface area (Å²) >= 11 is 0. The number of ether oxygens (including phenoxy) is 2. The molecular weight excluding hydrogens is 216 g/mol. The number of non-ortho nitro benzene ring substituents is 1. The van der Waals surface area contributed by atoms with Crippen LogP contribution in [0, 0.1) is 10.1 Å². The molecular formula is C9H10N2O5. The summed E-state index contributed by atoms with van der Waals surface area (Å²) in [7, 11) is 1.39. The van der Waals surface area contributed by atoms with Gasteiger partial charge in [-0.1, -0.05) is 0 Å². The van der Waals surface area contributed by atoms with E-state index in [1.54, 1.807) is 0 Å². The van der Waals surface area contributed by atoms with Crippen molar-refractivity contribution in [2.45, 2.75) is 0 Å². The minimum Gasteiger partial charge on any atom is -0.493 e. The van der Waals surface area contributed by atoms with E-state index in [1.165, 1.54) is 25.3 Å². The van der Waals surface area contributed by atoms with Gasteiger partial charge in [-0.15, -0.1) is 0 Å². The van der Waals surface area contributed by atoms with E-state index < -0.39 is 10.8 Å². The van der Waals surface area contributed by atoms with E-state index in [9.17, 15) is 14.9 Å². The molecule has 0 saturated heterocycles. The summed E-state index contributed by atoms with van der Waals surface area (Å²) in [6.45, 7) is -0.364. The predicted octanol–water partition coefficient (Wildman–Crippen LogP) is 0.467. The molecule has 1 aromatic carbocycles. The molecule has 2 N–H and O–H groups in total. The highest BCUT2D eigenvalue weighted by molar-refractivity contribution is 5.75. The molecule has 7 heteroatoms. The fourth-order valence-electron chi connectivity index (χ4n) is 1.04. The number of carbonyl (C=O) groups excluding carboxylic acids is 1. The monoisotopic (exact) mass is 226 g/mol. The summed E-state index contributed by atoms with van der Waals surface area (Å²) in [4.78, 5) is 20.4. The molecule has 0 heterocycles. The molecule has 0 saturated carbocycles. The zero-order chi connectivity index (χ0) is 12.1. The van der Waals surface area contributed by atoms with Crippen LogP contribution in [0.4, 0.5) is 5.69 Å². The zero-order valence-electron chi connectivity index (χ0n) is 8.50. The number of benzene rings is 1. The van der Waals surface area contributed by atoms with Crippen LogP contribution in [0.3, 0.4) is 0 Å². The first kappa shape index (κ1) is 11.8. The van der Waals surface area contributed by atoms with Crippen LogP contribution < -0.4 is 15.2 Å². The van der Waals surface area contributed by atoms with Crippen molar-refractivity contribution in [3.8, 4) is 11.5 Å². The van der Waals surface area contributed by atoms with Crippen LogP contribution in [0.25, 0.3) is 0 Å². The molecule has 0 unspecified atom stereocenters. The molecule has 0 atom stereocenters. The Balaban J connectivity index is 2.97. The summed E-state index contributed by atoms with van der Waals surface area (Å²) in [5, 5.41) is 10.5. The third-order valence-corrected chi connectivity index (χ3v) is 1.73. The van der Waals surface area contributed by atoms with Gasteiger partial charge in [0.1, 0.15) is 0 Å². The van der Waals surface area contributed by atoms with E-state index in [0.29, 0.717) is 5.75 Å². The molecule has 0 aliphatic heterocycles. The van der Waals surface area contributed by atoms with E-state index in [4.69, 9.17) is 15.2 Å². The molecule has 0 aliphatic carbocycles. The Kier molecular flexibility index (Phi) is 3.65. The van der Waals surface area contributed by atoms with Gasteiger partial charge in [0.05, 0.1) is 18.1 Å². The molecule has 0 spiro atoms. The summed E-state index contributed by atoms with van der Waals surface area (Å²) in [6, 6.07) is 3.83. The predicted molar refractivity (Wildman–Crippen MR) is 54.3 cm³/mol. The first-order chi connectivity index (χ1) is 7.54. The Labute approximate surface area is 90.9 Å². The molecule has 0 aromatic heterocycles. The maximum atomic E-state index is 10.5. The van der Waals surface area contributed by atoms with Crippen molar-refractivity contribution in [3.63, 3.8) is 0 Å². The minimum atomic E-state index is -0.673. The molecule has 0 bridgehead atoms. The van der Waals surface area contributed by atoms with Crippen molar-refractivity contribution in [2.75, 3.05) is 13.7 Å². The maximum Gasteiger partial charge on any atom is 0.273 e. The van der Waals surface area contributed by atoms with Gasteiger partial charge in [0.25, 0.3) is 11.6 Å². The van der Waals surface area contributed by atoms with Gasteiger partial charge < -0.3 is 15.2 Å².